The van der Waals surface area contributed by atoms with Gasteiger partial charge in [-0.15, -0.1) is 0 Å². The fourth-order valence-electron chi connectivity index (χ4n) is 7.29. The van der Waals surface area contributed by atoms with Crippen molar-refractivity contribution in [3.05, 3.63) is 54.9 Å². The highest BCUT2D eigenvalue weighted by atomic mass is 32.2. The topological polar surface area (TPSA) is 121 Å². The first-order valence-electron chi connectivity index (χ1n) is 16.2. The lowest BCUT2D eigenvalue weighted by atomic mass is 9.77. The standard InChI is InChI=1S/C34H45N7O4S/c1-6-32(42)40-16-8-7-9-28(40)25-10-11-29(41-21-23(34(41,2)3)22-46(5,43)44)27-20-36-31(19-26(25)27)37-30-12-15-35-33(38-30)39-17-13-24(45-4)14-18-39/h6,10-12,15,19-20,23-24,28H,1,7-9,13-14,16-18,21-22H2,2-5H3,(H,35,36,37,38)/t23-,28+/m1/s1. The van der Waals surface area contributed by atoms with Crippen LogP contribution in [0.15, 0.2) is 49.3 Å². The summed E-state index contributed by atoms with van der Waals surface area (Å²) >= 11 is 0. The summed E-state index contributed by atoms with van der Waals surface area (Å²) in [4.78, 5) is 33.5. The smallest absolute Gasteiger partial charge is 0.246 e. The quantitative estimate of drug-likeness (QED) is 0.322. The number of rotatable bonds is 9. The summed E-state index contributed by atoms with van der Waals surface area (Å²) in [5.74, 6) is 2.08. The van der Waals surface area contributed by atoms with Gasteiger partial charge in [0, 0.05) is 74.5 Å². The molecule has 3 fully saturated rings. The zero-order valence-electron chi connectivity index (χ0n) is 27.3. The van der Waals surface area contributed by atoms with E-state index >= 15 is 0 Å². The molecular weight excluding hydrogens is 602 g/mol. The molecule has 0 unspecified atom stereocenters. The second-order valence-corrected chi connectivity index (χ2v) is 15.6. The summed E-state index contributed by atoms with van der Waals surface area (Å²) < 4.78 is 29.8. The molecule has 0 bridgehead atoms. The highest BCUT2D eigenvalue weighted by Gasteiger charge is 2.48. The first kappa shape index (κ1) is 32.2. The lowest BCUT2D eigenvalue weighted by Crippen LogP contribution is -2.66. The number of carbonyl (C=O) groups excluding carboxylic acids is 1. The fraction of sp³-hybridized carbons (Fsp3) is 0.529. The molecule has 46 heavy (non-hydrogen) atoms. The van der Waals surface area contributed by atoms with Crippen LogP contribution in [0.1, 0.15) is 57.6 Å². The maximum Gasteiger partial charge on any atom is 0.246 e. The van der Waals surface area contributed by atoms with Crippen LogP contribution in [0.5, 0.6) is 0 Å². The first-order valence-corrected chi connectivity index (χ1v) is 18.2. The van der Waals surface area contributed by atoms with E-state index in [0.717, 1.165) is 67.2 Å². The van der Waals surface area contributed by atoms with Gasteiger partial charge in [0.2, 0.25) is 11.9 Å². The number of methoxy groups -OCH3 is 1. The number of anilines is 4. The number of fused-ring (bicyclic) bond motifs is 1. The Morgan fingerprint density at radius 3 is 2.57 bits per heavy atom. The number of nitrogens with one attached hydrogen (secondary N) is 1. The molecule has 2 aromatic heterocycles. The van der Waals surface area contributed by atoms with Crippen molar-refractivity contribution in [2.75, 3.05) is 60.4 Å². The number of pyridine rings is 1. The summed E-state index contributed by atoms with van der Waals surface area (Å²) in [6.45, 7) is 11.0. The van der Waals surface area contributed by atoms with E-state index in [1.165, 1.54) is 12.3 Å². The minimum atomic E-state index is -3.10. The van der Waals surface area contributed by atoms with Gasteiger partial charge in [-0.25, -0.2) is 18.4 Å². The third-order valence-electron chi connectivity index (χ3n) is 10.1. The van der Waals surface area contributed by atoms with E-state index in [0.29, 0.717) is 30.7 Å². The molecule has 3 aliphatic heterocycles. The van der Waals surface area contributed by atoms with E-state index in [9.17, 15) is 13.2 Å². The zero-order valence-corrected chi connectivity index (χ0v) is 28.1. The Hall–Kier alpha value is -3.77. The Morgan fingerprint density at radius 2 is 1.87 bits per heavy atom. The number of benzene rings is 1. The van der Waals surface area contributed by atoms with Gasteiger partial charge in [-0.05, 0) is 81.2 Å². The number of amides is 1. The summed E-state index contributed by atoms with van der Waals surface area (Å²) in [6.07, 6.45) is 11.3. The van der Waals surface area contributed by atoms with Crippen LogP contribution in [-0.4, -0.2) is 91.1 Å². The van der Waals surface area contributed by atoms with E-state index in [1.807, 2.05) is 23.2 Å². The van der Waals surface area contributed by atoms with E-state index in [-0.39, 0.29) is 35.3 Å². The van der Waals surface area contributed by atoms with Crippen LogP contribution in [0.2, 0.25) is 0 Å². The molecule has 3 aliphatic rings. The van der Waals surface area contributed by atoms with Crippen LogP contribution < -0.4 is 15.1 Å². The van der Waals surface area contributed by atoms with Crippen LogP contribution in [-0.2, 0) is 19.4 Å². The minimum Gasteiger partial charge on any atom is -0.381 e. The predicted octanol–water partition coefficient (Wildman–Crippen LogP) is 4.88. The summed E-state index contributed by atoms with van der Waals surface area (Å²) in [7, 11) is -1.34. The molecule has 6 rings (SSSR count). The number of aromatic nitrogens is 3. The van der Waals surface area contributed by atoms with Gasteiger partial charge in [0.25, 0.3) is 0 Å². The summed E-state index contributed by atoms with van der Waals surface area (Å²) in [6, 6.07) is 8.04. The maximum atomic E-state index is 13.0. The average Bonchev–Trinajstić information content (AvgIpc) is 3.05. The van der Waals surface area contributed by atoms with Gasteiger partial charge in [0.05, 0.1) is 17.9 Å². The number of carbonyl (C=O) groups is 1. The molecule has 1 amide bonds. The van der Waals surface area contributed by atoms with Crippen molar-refractivity contribution in [3.8, 4) is 0 Å². The summed E-state index contributed by atoms with van der Waals surface area (Å²) in [5.41, 5.74) is 1.72. The Balaban J connectivity index is 1.36. The van der Waals surface area contributed by atoms with Crippen LogP contribution in [0.4, 0.5) is 23.3 Å². The van der Waals surface area contributed by atoms with Gasteiger partial charge in [0.15, 0.2) is 0 Å². The molecule has 0 radical (unpaired) electrons. The fourth-order valence-corrected chi connectivity index (χ4v) is 8.53. The van der Waals surface area contributed by atoms with Crippen molar-refractivity contribution in [2.45, 2.75) is 63.6 Å². The van der Waals surface area contributed by atoms with Crippen molar-refractivity contribution in [1.29, 1.82) is 0 Å². The molecule has 246 valence electrons. The van der Waals surface area contributed by atoms with Gasteiger partial charge >= 0.3 is 0 Å². The highest BCUT2D eigenvalue weighted by Crippen LogP contribution is 2.46. The van der Waals surface area contributed by atoms with E-state index < -0.39 is 9.84 Å². The zero-order chi connectivity index (χ0) is 32.6. The normalized spacial score (nSPS) is 22.0. The third kappa shape index (κ3) is 6.42. The molecule has 3 aromatic rings. The van der Waals surface area contributed by atoms with Gasteiger partial charge in [-0.2, -0.15) is 4.98 Å². The van der Waals surface area contributed by atoms with Crippen LogP contribution >= 0.6 is 0 Å². The Labute approximate surface area is 272 Å². The van der Waals surface area contributed by atoms with Crippen LogP contribution in [0, 0.1) is 5.92 Å². The van der Waals surface area contributed by atoms with Gasteiger partial charge < -0.3 is 24.8 Å². The summed E-state index contributed by atoms with van der Waals surface area (Å²) in [5, 5.41) is 5.38. The van der Waals surface area contributed by atoms with E-state index in [1.54, 1.807) is 13.3 Å². The molecule has 12 heteroatoms. The number of hydrogen-bond donors (Lipinski definition) is 1. The van der Waals surface area contributed by atoms with Gasteiger partial charge in [-0.3, -0.25) is 4.79 Å². The molecule has 0 saturated carbocycles. The molecular formula is C34H45N7O4S. The first-order chi connectivity index (χ1) is 22.0. The SMILES string of the molecule is C=CC(=O)N1CCCC[C@H]1c1ccc(N2C[C@H](CS(C)(=O)=O)C2(C)C)c2cnc(Nc3ccnc(N4CCC(OC)CC4)n3)cc12. The number of nitrogens with zero attached hydrogens (tertiary/aromatic N) is 6. The molecule has 5 heterocycles. The van der Waals surface area contributed by atoms with Crippen molar-refractivity contribution in [3.63, 3.8) is 0 Å². The number of sulfone groups is 1. The van der Waals surface area contributed by atoms with Gasteiger partial charge in [-0.1, -0.05) is 12.6 Å². The van der Waals surface area contributed by atoms with Gasteiger partial charge in [0.1, 0.15) is 21.5 Å². The lowest BCUT2D eigenvalue weighted by Gasteiger charge is -2.57. The highest BCUT2D eigenvalue weighted by molar-refractivity contribution is 7.90. The predicted molar refractivity (Wildman–Crippen MR) is 182 cm³/mol. The molecule has 0 aliphatic carbocycles. The maximum absolute atomic E-state index is 13.0. The van der Waals surface area contributed by atoms with Crippen molar-refractivity contribution >= 4 is 49.8 Å². The number of likely N-dealkylation sites (tertiary alicyclic amines) is 1. The lowest BCUT2D eigenvalue weighted by molar-refractivity contribution is -0.129. The van der Waals surface area contributed by atoms with Crippen molar-refractivity contribution in [2.24, 2.45) is 5.92 Å². The largest absolute Gasteiger partial charge is 0.381 e. The Kier molecular flexibility index (Phi) is 8.95. The minimum absolute atomic E-state index is 0.0254. The second-order valence-electron chi connectivity index (χ2n) is 13.4. The molecule has 1 N–H and O–H groups in total. The number of ether oxygens (including phenoxy) is 1. The van der Waals surface area contributed by atoms with E-state index in [2.05, 4.69) is 52.7 Å². The Morgan fingerprint density at radius 1 is 1.09 bits per heavy atom. The number of piperidine rings is 2. The van der Waals surface area contributed by atoms with Crippen LogP contribution in [0.25, 0.3) is 10.8 Å². The van der Waals surface area contributed by atoms with E-state index in [4.69, 9.17) is 14.7 Å². The van der Waals surface area contributed by atoms with Crippen molar-refractivity contribution < 1.29 is 17.9 Å². The molecule has 11 nitrogen and oxygen atoms in total. The molecule has 3 saturated heterocycles. The number of hydrogen-bond acceptors (Lipinski definition) is 10. The van der Waals surface area contributed by atoms with Crippen molar-refractivity contribution in [1.82, 2.24) is 19.9 Å². The Bertz CT molecular complexity index is 1720. The van der Waals surface area contributed by atoms with Crippen LogP contribution in [0.3, 0.4) is 0 Å². The monoisotopic (exact) mass is 647 g/mol. The second kappa shape index (κ2) is 12.8. The molecule has 1 aromatic carbocycles. The molecule has 0 spiro atoms. The third-order valence-corrected chi connectivity index (χ3v) is 11.1. The average molecular weight is 648 g/mol. The molecule has 2 atom stereocenters.